The molecule has 2 aromatic rings. The highest BCUT2D eigenvalue weighted by molar-refractivity contribution is 9.10. The van der Waals surface area contributed by atoms with Crippen molar-refractivity contribution in [3.05, 3.63) is 55.6 Å². The first-order chi connectivity index (χ1) is 10.6. The third-order valence-corrected chi connectivity index (χ3v) is 6.99. The number of thiophene rings is 1. The van der Waals surface area contributed by atoms with E-state index >= 15 is 0 Å². The molecule has 1 fully saturated rings. The lowest BCUT2D eigenvalue weighted by Crippen LogP contribution is -2.32. The number of nitrogens with zero attached hydrogens (tertiary/aromatic N) is 1. The van der Waals surface area contributed by atoms with Gasteiger partial charge < -0.3 is 4.90 Å². The normalized spacial score (nSPS) is 19.0. The molecular weight excluding hydrogens is 402 g/mol. The first kappa shape index (κ1) is 16.4. The number of halogens is 2. The van der Waals surface area contributed by atoms with Gasteiger partial charge in [-0.3, -0.25) is 4.79 Å². The lowest BCUT2D eigenvalue weighted by Gasteiger charge is -2.19. The first-order valence-corrected chi connectivity index (χ1v) is 10.1. The zero-order chi connectivity index (χ0) is 15.5. The predicted octanol–water partition coefficient (Wildman–Crippen LogP) is 5.48. The molecule has 0 radical (unpaired) electrons. The molecule has 0 saturated carbocycles. The van der Waals surface area contributed by atoms with Crippen LogP contribution in [0.15, 0.2) is 40.2 Å². The zero-order valence-electron chi connectivity index (χ0n) is 11.8. The molecule has 0 aliphatic carbocycles. The Morgan fingerprint density at radius 1 is 1.32 bits per heavy atom. The number of benzene rings is 1. The number of thioether (sulfide) groups is 1. The van der Waals surface area contributed by atoms with E-state index in [0.29, 0.717) is 5.25 Å². The molecule has 0 bridgehead atoms. The van der Waals surface area contributed by atoms with Crippen LogP contribution >= 0.6 is 50.6 Å². The van der Waals surface area contributed by atoms with Gasteiger partial charge in [0.15, 0.2) is 0 Å². The fourth-order valence-corrected chi connectivity index (χ4v) is 5.53. The summed E-state index contributed by atoms with van der Waals surface area (Å²) in [5, 5.41) is 3.13. The summed E-state index contributed by atoms with van der Waals surface area (Å²) in [6.07, 6.45) is 0.937. The van der Waals surface area contributed by atoms with Crippen LogP contribution in [0.1, 0.15) is 26.9 Å². The smallest absolute Gasteiger partial charge is 0.263 e. The maximum absolute atomic E-state index is 12.6. The first-order valence-electron chi connectivity index (χ1n) is 7.04. The largest absolute Gasteiger partial charge is 0.337 e. The number of amides is 1. The van der Waals surface area contributed by atoms with Gasteiger partial charge in [-0.25, -0.2) is 0 Å². The van der Waals surface area contributed by atoms with Gasteiger partial charge in [0.1, 0.15) is 0 Å². The number of carbonyl (C=O) groups excluding carboxylic acids is 1. The second-order valence-corrected chi connectivity index (χ2v) is 8.64. The van der Waals surface area contributed by atoms with Crippen LogP contribution in [0.25, 0.3) is 0 Å². The van der Waals surface area contributed by atoms with Crippen molar-refractivity contribution in [2.24, 2.45) is 0 Å². The maximum Gasteiger partial charge on any atom is 0.263 e. The van der Waals surface area contributed by atoms with E-state index in [1.165, 1.54) is 16.9 Å². The van der Waals surface area contributed by atoms with Crippen LogP contribution in [0.2, 0.25) is 5.02 Å². The molecule has 1 aromatic heterocycles. The van der Waals surface area contributed by atoms with E-state index < -0.39 is 0 Å². The molecule has 2 nitrogen and oxygen atoms in total. The van der Waals surface area contributed by atoms with Crippen LogP contribution in [0.5, 0.6) is 0 Å². The van der Waals surface area contributed by atoms with Crippen LogP contribution in [0.4, 0.5) is 0 Å². The second kappa shape index (κ2) is 7.39. The molecule has 1 aliphatic heterocycles. The van der Waals surface area contributed by atoms with Crippen molar-refractivity contribution in [3.63, 3.8) is 0 Å². The van der Waals surface area contributed by atoms with E-state index in [-0.39, 0.29) is 5.91 Å². The minimum absolute atomic E-state index is 0.135. The SMILES string of the molecule is O=C(c1cc(Br)cs1)N1CCSC(c2ccccc2Cl)CC1. The molecule has 1 saturated heterocycles. The molecule has 1 amide bonds. The molecule has 0 spiro atoms. The van der Waals surface area contributed by atoms with E-state index in [9.17, 15) is 4.79 Å². The van der Waals surface area contributed by atoms with Crippen molar-refractivity contribution in [1.29, 1.82) is 0 Å². The van der Waals surface area contributed by atoms with Crippen molar-refractivity contribution in [3.8, 4) is 0 Å². The molecule has 1 aliphatic rings. The Kier molecular flexibility index (Phi) is 5.50. The highest BCUT2D eigenvalue weighted by atomic mass is 79.9. The third kappa shape index (κ3) is 3.70. The molecule has 3 rings (SSSR count). The molecule has 0 N–H and O–H groups in total. The summed E-state index contributed by atoms with van der Waals surface area (Å²) in [6.45, 7) is 1.57. The standard InChI is InChI=1S/C16H15BrClNOS2/c17-11-9-15(22-10-11)16(20)19-6-5-14(21-8-7-19)12-3-1-2-4-13(12)18/h1-4,9-10,14H,5-8H2. The van der Waals surface area contributed by atoms with Crippen LogP contribution in [0.3, 0.4) is 0 Å². The fraction of sp³-hybridized carbons (Fsp3) is 0.312. The van der Waals surface area contributed by atoms with Crippen molar-refractivity contribution in [2.45, 2.75) is 11.7 Å². The van der Waals surface area contributed by atoms with E-state index in [4.69, 9.17) is 11.6 Å². The second-order valence-electron chi connectivity index (χ2n) is 5.09. The highest BCUT2D eigenvalue weighted by Crippen LogP contribution is 2.38. The molecule has 1 atom stereocenters. The van der Waals surface area contributed by atoms with Gasteiger partial charge in [0.25, 0.3) is 5.91 Å². The molecule has 6 heteroatoms. The minimum Gasteiger partial charge on any atom is -0.337 e. The Morgan fingerprint density at radius 3 is 2.86 bits per heavy atom. The summed E-state index contributed by atoms with van der Waals surface area (Å²) in [6, 6.07) is 9.91. The number of hydrogen-bond acceptors (Lipinski definition) is 3. The summed E-state index contributed by atoms with van der Waals surface area (Å²) in [5.74, 6) is 1.07. The lowest BCUT2D eigenvalue weighted by molar-refractivity contribution is 0.0771. The van der Waals surface area contributed by atoms with Crippen molar-refractivity contribution in [2.75, 3.05) is 18.8 Å². The minimum atomic E-state index is 0.135. The zero-order valence-corrected chi connectivity index (χ0v) is 15.8. The van der Waals surface area contributed by atoms with Gasteiger partial charge >= 0.3 is 0 Å². The molecule has 2 heterocycles. The summed E-state index contributed by atoms with van der Waals surface area (Å²) < 4.78 is 0.971. The lowest BCUT2D eigenvalue weighted by atomic mass is 10.1. The van der Waals surface area contributed by atoms with Crippen molar-refractivity contribution < 1.29 is 4.79 Å². The van der Waals surface area contributed by atoms with Gasteiger partial charge in [-0.15, -0.1) is 11.3 Å². The van der Waals surface area contributed by atoms with Crippen LogP contribution in [0, 0.1) is 0 Å². The molecule has 116 valence electrons. The summed E-state index contributed by atoms with van der Waals surface area (Å²) in [5.41, 5.74) is 1.18. The third-order valence-electron chi connectivity index (χ3n) is 3.66. The van der Waals surface area contributed by atoms with Crippen LogP contribution in [-0.2, 0) is 0 Å². The molecular formula is C16H15BrClNOS2. The Labute approximate surface area is 152 Å². The monoisotopic (exact) mass is 415 g/mol. The van der Waals surface area contributed by atoms with Crippen molar-refractivity contribution >= 4 is 56.5 Å². The van der Waals surface area contributed by atoms with Crippen LogP contribution < -0.4 is 0 Å². The number of rotatable bonds is 2. The molecule has 1 unspecified atom stereocenters. The van der Waals surface area contributed by atoms with Crippen LogP contribution in [-0.4, -0.2) is 29.6 Å². The van der Waals surface area contributed by atoms with E-state index in [1.54, 1.807) is 0 Å². The van der Waals surface area contributed by atoms with E-state index in [2.05, 4.69) is 22.0 Å². The maximum atomic E-state index is 12.6. The van der Waals surface area contributed by atoms with E-state index in [1.807, 2.05) is 46.3 Å². The van der Waals surface area contributed by atoms with Gasteiger partial charge in [0, 0.05) is 39.0 Å². The molecule has 22 heavy (non-hydrogen) atoms. The van der Waals surface area contributed by atoms with Gasteiger partial charge in [-0.1, -0.05) is 29.8 Å². The predicted molar refractivity (Wildman–Crippen MR) is 99.2 cm³/mol. The molecule has 1 aromatic carbocycles. The summed E-state index contributed by atoms with van der Waals surface area (Å²) in [4.78, 5) is 15.3. The van der Waals surface area contributed by atoms with Gasteiger partial charge in [-0.05, 0) is 40.0 Å². The average molecular weight is 417 g/mol. The highest BCUT2D eigenvalue weighted by Gasteiger charge is 2.24. The topological polar surface area (TPSA) is 20.3 Å². The summed E-state index contributed by atoms with van der Waals surface area (Å²) >= 11 is 13.1. The Balaban J connectivity index is 1.70. The summed E-state index contributed by atoms with van der Waals surface area (Å²) in [7, 11) is 0. The number of carbonyl (C=O) groups is 1. The van der Waals surface area contributed by atoms with Gasteiger partial charge in [0.05, 0.1) is 4.88 Å². The van der Waals surface area contributed by atoms with Crippen molar-refractivity contribution in [1.82, 2.24) is 4.90 Å². The Morgan fingerprint density at radius 2 is 2.14 bits per heavy atom. The Bertz CT molecular complexity index is 676. The van der Waals surface area contributed by atoms with Gasteiger partial charge in [-0.2, -0.15) is 11.8 Å². The average Bonchev–Trinajstić information content (AvgIpc) is 2.81. The van der Waals surface area contributed by atoms with Gasteiger partial charge in [0.2, 0.25) is 0 Å². The number of hydrogen-bond donors (Lipinski definition) is 0. The fourth-order valence-electron chi connectivity index (χ4n) is 2.54. The van der Waals surface area contributed by atoms with E-state index in [0.717, 1.165) is 39.6 Å². The Hall–Kier alpha value is -0.490. The quantitative estimate of drug-likeness (QED) is 0.645.